The third kappa shape index (κ3) is 3.38. The van der Waals surface area contributed by atoms with Crippen molar-refractivity contribution >= 4 is 21.6 Å². The molecule has 0 radical (unpaired) electrons. The van der Waals surface area contributed by atoms with Gasteiger partial charge in [-0.05, 0) is 31.4 Å². The van der Waals surface area contributed by atoms with Crippen molar-refractivity contribution in [1.29, 1.82) is 0 Å². The fourth-order valence-electron chi connectivity index (χ4n) is 2.51. The Bertz CT molecular complexity index is 678. The van der Waals surface area contributed by atoms with E-state index >= 15 is 0 Å². The molecule has 1 N–H and O–H groups in total. The molecule has 1 amide bonds. The maximum Gasteiger partial charge on any atom is 0.269 e. The Balaban J connectivity index is 2.23. The molecule has 0 saturated heterocycles. The fourth-order valence-corrected chi connectivity index (χ4v) is 3.78. The lowest BCUT2D eigenvalue weighted by Gasteiger charge is -2.12. The molecule has 0 spiro atoms. The Morgan fingerprint density at radius 3 is 2.48 bits per heavy atom. The minimum Gasteiger partial charge on any atom is -0.274 e. The van der Waals surface area contributed by atoms with Crippen LogP contribution in [-0.4, -0.2) is 19.2 Å². The molecule has 8 heteroatoms. The van der Waals surface area contributed by atoms with E-state index in [4.69, 9.17) is 0 Å². The number of nitrogens with one attached hydrogen (secondary N) is 1. The molecule has 0 atom stereocenters. The number of hydrogen-bond acceptors (Lipinski definition) is 5. The van der Waals surface area contributed by atoms with Crippen LogP contribution in [0.15, 0.2) is 23.1 Å². The van der Waals surface area contributed by atoms with Crippen molar-refractivity contribution in [3.63, 3.8) is 0 Å². The second-order valence-corrected chi connectivity index (χ2v) is 6.81. The van der Waals surface area contributed by atoms with Crippen LogP contribution in [0.2, 0.25) is 0 Å². The van der Waals surface area contributed by atoms with Crippen LogP contribution in [-0.2, 0) is 14.8 Å². The van der Waals surface area contributed by atoms with Crippen LogP contribution in [0.4, 0.5) is 5.69 Å². The summed E-state index contributed by atoms with van der Waals surface area (Å²) in [5.74, 6) is -0.761. The zero-order valence-corrected chi connectivity index (χ0v) is 12.4. The number of non-ortho nitro benzene ring substituents is 1. The molecule has 1 aromatic rings. The Morgan fingerprint density at radius 1 is 1.33 bits per heavy atom. The highest BCUT2D eigenvalue weighted by Crippen LogP contribution is 2.26. The van der Waals surface area contributed by atoms with E-state index in [1.54, 1.807) is 0 Å². The normalized spacial score (nSPS) is 15.9. The number of benzene rings is 1. The van der Waals surface area contributed by atoms with Crippen molar-refractivity contribution < 1.29 is 18.1 Å². The van der Waals surface area contributed by atoms with Crippen LogP contribution in [0.5, 0.6) is 0 Å². The Morgan fingerprint density at radius 2 is 1.95 bits per heavy atom. The van der Waals surface area contributed by atoms with E-state index < -0.39 is 20.9 Å². The summed E-state index contributed by atoms with van der Waals surface area (Å²) in [6, 6.07) is 3.44. The molecule has 0 bridgehead atoms. The quantitative estimate of drug-likeness (QED) is 0.675. The van der Waals surface area contributed by atoms with Crippen LogP contribution in [0.3, 0.4) is 0 Å². The molecule has 21 heavy (non-hydrogen) atoms. The number of sulfonamides is 1. The molecule has 1 saturated carbocycles. The third-order valence-corrected chi connectivity index (χ3v) is 5.13. The lowest BCUT2D eigenvalue weighted by molar-refractivity contribution is -0.385. The number of amides is 1. The lowest BCUT2D eigenvalue weighted by Crippen LogP contribution is -2.35. The first kappa shape index (κ1) is 15.4. The molecule has 1 aromatic carbocycles. The Hall–Kier alpha value is -1.96. The van der Waals surface area contributed by atoms with Crippen molar-refractivity contribution in [2.75, 3.05) is 0 Å². The molecule has 7 nitrogen and oxygen atoms in total. The highest BCUT2D eigenvalue weighted by Gasteiger charge is 2.28. The van der Waals surface area contributed by atoms with Crippen molar-refractivity contribution in [1.82, 2.24) is 4.72 Å². The average molecular weight is 312 g/mol. The van der Waals surface area contributed by atoms with Gasteiger partial charge in [0.05, 0.1) is 9.82 Å². The first-order valence-electron chi connectivity index (χ1n) is 6.63. The number of hydrogen-bond donors (Lipinski definition) is 1. The predicted octanol–water partition coefficient (Wildman–Crippen LogP) is 1.90. The first-order valence-corrected chi connectivity index (χ1v) is 8.11. The van der Waals surface area contributed by atoms with Crippen molar-refractivity contribution in [2.24, 2.45) is 5.92 Å². The van der Waals surface area contributed by atoms with Gasteiger partial charge in [-0.1, -0.05) is 12.8 Å². The van der Waals surface area contributed by atoms with Gasteiger partial charge < -0.3 is 0 Å². The van der Waals surface area contributed by atoms with Gasteiger partial charge in [0.25, 0.3) is 15.7 Å². The Kier molecular flexibility index (Phi) is 4.26. The fraction of sp³-hybridized carbons (Fsp3) is 0.462. The van der Waals surface area contributed by atoms with E-state index in [0.717, 1.165) is 25.0 Å². The molecule has 0 aliphatic heterocycles. The number of carbonyl (C=O) groups excluding carboxylic acids is 1. The highest BCUT2D eigenvalue weighted by atomic mass is 32.2. The molecule has 114 valence electrons. The SMILES string of the molecule is Cc1cc([N+](=O)[O-])ccc1S(=O)(=O)NC(=O)C1CCCC1. The second kappa shape index (κ2) is 5.80. The van der Waals surface area contributed by atoms with Crippen LogP contribution in [0.1, 0.15) is 31.2 Å². The van der Waals surface area contributed by atoms with E-state index in [9.17, 15) is 23.3 Å². The lowest BCUT2D eigenvalue weighted by atomic mass is 10.1. The summed E-state index contributed by atoms with van der Waals surface area (Å²) in [6.45, 7) is 1.46. The molecule has 0 unspecified atom stereocenters. The topological polar surface area (TPSA) is 106 Å². The van der Waals surface area contributed by atoms with Gasteiger partial charge in [0.2, 0.25) is 5.91 Å². The third-order valence-electron chi connectivity index (χ3n) is 3.62. The summed E-state index contributed by atoms with van der Waals surface area (Å²) >= 11 is 0. The van der Waals surface area contributed by atoms with Crippen LogP contribution < -0.4 is 4.72 Å². The summed E-state index contributed by atoms with van der Waals surface area (Å²) in [6.07, 6.45) is 3.24. The van der Waals surface area contributed by atoms with Crippen molar-refractivity contribution in [3.05, 3.63) is 33.9 Å². The summed E-state index contributed by atoms with van der Waals surface area (Å²) in [7, 11) is -3.99. The monoisotopic (exact) mass is 312 g/mol. The van der Waals surface area contributed by atoms with Gasteiger partial charge in [0, 0.05) is 18.1 Å². The number of carbonyl (C=O) groups is 1. The standard InChI is InChI=1S/C13H16N2O5S/c1-9-8-11(15(17)18)6-7-12(9)21(19,20)14-13(16)10-4-2-3-5-10/h6-8,10H,2-5H2,1H3,(H,14,16). The van der Waals surface area contributed by atoms with E-state index in [0.29, 0.717) is 12.8 Å². The van der Waals surface area contributed by atoms with Gasteiger partial charge in [-0.3, -0.25) is 14.9 Å². The van der Waals surface area contributed by atoms with Crippen LogP contribution in [0, 0.1) is 23.0 Å². The molecular weight excluding hydrogens is 296 g/mol. The summed E-state index contributed by atoms with van der Waals surface area (Å²) in [5.41, 5.74) is 0.0458. The van der Waals surface area contributed by atoms with Crippen LogP contribution in [0.25, 0.3) is 0 Å². The van der Waals surface area contributed by atoms with Gasteiger partial charge in [0.15, 0.2) is 0 Å². The van der Waals surface area contributed by atoms with E-state index in [1.807, 2.05) is 0 Å². The highest BCUT2D eigenvalue weighted by molar-refractivity contribution is 7.90. The van der Waals surface area contributed by atoms with Crippen molar-refractivity contribution in [3.8, 4) is 0 Å². The zero-order chi connectivity index (χ0) is 15.6. The summed E-state index contributed by atoms with van der Waals surface area (Å²) in [4.78, 5) is 21.9. The molecular formula is C13H16N2O5S. The molecule has 1 fully saturated rings. The maximum absolute atomic E-state index is 12.2. The predicted molar refractivity (Wildman–Crippen MR) is 75.1 cm³/mol. The molecule has 1 aliphatic carbocycles. The first-order chi connectivity index (χ1) is 9.81. The minimum absolute atomic E-state index is 0.112. The van der Waals surface area contributed by atoms with Gasteiger partial charge in [0.1, 0.15) is 0 Å². The smallest absolute Gasteiger partial charge is 0.269 e. The Labute approximate surface area is 122 Å². The molecule has 0 heterocycles. The summed E-state index contributed by atoms with van der Waals surface area (Å²) in [5, 5.41) is 10.7. The molecule has 1 aliphatic rings. The second-order valence-electron chi connectivity index (χ2n) is 5.16. The largest absolute Gasteiger partial charge is 0.274 e. The van der Waals surface area contributed by atoms with Gasteiger partial charge >= 0.3 is 0 Å². The molecule has 2 rings (SSSR count). The average Bonchev–Trinajstić information content (AvgIpc) is 2.91. The van der Waals surface area contributed by atoms with Crippen molar-refractivity contribution in [2.45, 2.75) is 37.5 Å². The van der Waals surface area contributed by atoms with Gasteiger partial charge in [-0.15, -0.1) is 0 Å². The van der Waals surface area contributed by atoms with Gasteiger partial charge in [-0.2, -0.15) is 0 Å². The van der Waals surface area contributed by atoms with E-state index in [1.165, 1.54) is 13.0 Å². The minimum atomic E-state index is -3.99. The zero-order valence-electron chi connectivity index (χ0n) is 11.5. The molecule has 0 aromatic heterocycles. The number of aryl methyl sites for hydroxylation is 1. The number of rotatable bonds is 4. The van der Waals surface area contributed by atoms with E-state index in [-0.39, 0.29) is 22.1 Å². The number of nitro benzene ring substituents is 1. The number of nitro groups is 1. The van der Waals surface area contributed by atoms with E-state index in [2.05, 4.69) is 4.72 Å². The number of nitrogens with zero attached hydrogens (tertiary/aromatic N) is 1. The van der Waals surface area contributed by atoms with Gasteiger partial charge in [-0.25, -0.2) is 13.1 Å². The summed E-state index contributed by atoms with van der Waals surface area (Å²) < 4.78 is 26.5. The van der Waals surface area contributed by atoms with Crippen LogP contribution >= 0.6 is 0 Å². The maximum atomic E-state index is 12.2.